The molecule has 0 spiro atoms. The quantitative estimate of drug-likeness (QED) is 0.451. The molecule has 0 unspecified atom stereocenters. The van der Waals surface area contributed by atoms with Crippen LogP contribution in [0.3, 0.4) is 0 Å². The van der Waals surface area contributed by atoms with Gasteiger partial charge in [-0.2, -0.15) is 4.39 Å². The predicted molar refractivity (Wildman–Crippen MR) is 72.7 cm³/mol. The van der Waals surface area contributed by atoms with E-state index in [1.165, 1.54) is 24.4 Å². The molecule has 1 rings (SSSR count). The second-order valence-corrected chi connectivity index (χ2v) is 3.15. The molecule has 18 heavy (non-hydrogen) atoms. The van der Waals surface area contributed by atoms with Gasteiger partial charge >= 0.3 is 0 Å². The monoisotopic (exact) mass is 247 g/mol. The second-order valence-electron chi connectivity index (χ2n) is 3.15. The maximum atomic E-state index is 12.8. The van der Waals surface area contributed by atoms with Gasteiger partial charge in [0.05, 0.1) is 0 Å². The van der Waals surface area contributed by atoms with E-state index in [1.807, 2.05) is 13.8 Å². The molecule has 0 aliphatic rings. The number of rotatable bonds is 5. The van der Waals surface area contributed by atoms with Crippen molar-refractivity contribution in [2.75, 3.05) is 0 Å². The molecule has 96 valence electrons. The van der Waals surface area contributed by atoms with E-state index in [1.54, 1.807) is 12.1 Å². The van der Waals surface area contributed by atoms with Crippen LogP contribution in [0.5, 0.6) is 0 Å². The summed E-state index contributed by atoms with van der Waals surface area (Å²) in [6.07, 6.45) is 6.02. The Bertz CT molecular complexity index is 450. The van der Waals surface area contributed by atoms with Crippen LogP contribution >= 0.6 is 0 Å². The van der Waals surface area contributed by atoms with Crippen LogP contribution in [0.25, 0.3) is 0 Å². The molecule has 0 aliphatic heterocycles. The van der Waals surface area contributed by atoms with Gasteiger partial charge in [0.1, 0.15) is 0 Å². The third kappa shape index (κ3) is 5.34. The molecule has 1 aromatic rings. The van der Waals surface area contributed by atoms with Gasteiger partial charge in [0, 0.05) is 18.2 Å². The van der Waals surface area contributed by atoms with Crippen LogP contribution in [0, 0.1) is 5.95 Å². The molecule has 0 saturated carbocycles. The van der Waals surface area contributed by atoms with Gasteiger partial charge in [-0.15, -0.1) is 0 Å². The SMILES string of the molecule is C=C/C=C(\C=C)C(=O)Cc1ccnc(F)c1.CC. The summed E-state index contributed by atoms with van der Waals surface area (Å²) in [5.41, 5.74) is 1.06. The van der Waals surface area contributed by atoms with Crippen molar-refractivity contribution in [3.63, 3.8) is 0 Å². The lowest BCUT2D eigenvalue weighted by molar-refractivity contribution is -0.114. The number of pyridine rings is 1. The molecule has 0 aliphatic carbocycles. The van der Waals surface area contributed by atoms with Crippen molar-refractivity contribution in [3.8, 4) is 0 Å². The Morgan fingerprint density at radius 1 is 1.44 bits per heavy atom. The summed E-state index contributed by atoms with van der Waals surface area (Å²) >= 11 is 0. The first-order chi connectivity index (χ1) is 8.67. The molecular formula is C15H18FNO. The summed E-state index contributed by atoms with van der Waals surface area (Å²) < 4.78 is 12.8. The minimum atomic E-state index is -0.585. The average Bonchev–Trinajstić information content (AvgIpc) is 2.38. The van der Waals surface area contributed by atoms with E-state index in [2.05, 4.69) is 18.1 Å². The third-order valence-electron chi connectivity index (χ3n) is 1.99. The lowest BCUT2D eigenvalue weighted by Gasteiger charge is -2.01. The van der Waals surface area contributed by atoms with E-state index in [-0.39, 0.29) is 12.2 Å². The van der Waals surface area contributed by atoms with Crippen LogP contribution in [0.1, 0.15) is 19.4 Å². The van der Waals surface area contributed by atoms with Crippen molar-refractivity contribution >= 4 is 5.78 Å². The number of ketones is 1. The standard InChI is InChI=1S/C13H12FNO.C2H6/c1-3-5-11(4-2)12(16)8-10-6-7-15-13(14)9-10;1-2/h3-7,9H,1-2,8H2;1-2H3/b11-5+;. The number of nitrogens with zero attached hydrogens (tertiary/aromatic N) is 1. The van der Waals surface area contributed by atoms with Gasteiger partial charge in [-0.3, -0.25) is 4.79 Å². The van der Waals surface area contributed by atoms with Gasteiger partial charge in [0.2, 0.25) is 5.95 Å². The summed E-state index contributed by atoms with van der Waals surface area (Å²) in [6, 6.07) is 2.85. The van der Waals surface area contributed by atoms with Crippen LogP contribution < -0.4 is 0 Å². The number of hydrogen-bond acceptors (Lipinski definition) is 2. The second kappa shape index (κ2) is 9.05. The lowest BCUT2D eigenvalue weighted by atomic mass is 10.0. The van der Waals surface area contributed by atoms with E-state index >= 15 is 0 Å². The molecule has 1 aromatic heterocycles. The highest BCUT2D eigenvalue weighted by atomic mass is 19.1. The van der Waals surface area contributed by atoms with Gasteiger partial charge in [-0.05, 0) is 17.7 Å². The van der Waals surface area contributed by atoms with Crippen LogP contribution in [0.4, 0.5) is 4.39 Å². The summed E-state index contributed by atoms with van der Waals surface area (Å²) in [5, 5.41) is 0. The number of carbonyl (C=O) groups excluding carboxylic acids is 1. The molecule has 0 fully saturated rings. The maximum Gasteiger partial charge on any atom is 0.213 e. The number of hydrogen-bond donors (Lipinski definition) is 0. The van der Waals surface area contributed by atoms with E-state index < -0.39 is 5.95 Å². The third-order valence-corrected chi connectivity index (χ3v) is 1.99. The molecule has 1 heterocycles. The summed E-state index contributed by atoms with van der Waals surface area (Å²) in [4.78, 5) is 15.1. The zero-order chi connectivity index (χ0) is 14.0. The number of carbonyl (C=O) groups is 1. The number of Topliss-reactive ketones (excluding diaryl/α,β-unsaturated/α-hetero) is 1. The van der Waals surface area contributed by atoms with Gasteiger partial charge < -0.3 is 0 Å². The largest absolute Gasteiger partial charge is 0.294 e. The molecule has 0 saturated heterocycles. The predicted octanol–water partition coefficient (Wildman–Crippen LogP) is 3.66. The Morgan fingerprint density at radius 3 is 2.61 bits per heavy atom. The zero-order valence-corrected chi connectivity index (χ0v) is 10.8. The van der Waals surface area contributed by atoms with Gasteiger partial charge in [0.15, 0.2) is 5.78 Å². The zero-order valence-electron chi connectivity index (χ0n) is 10.8. The van der Waals surface area contributed by atoms with Crippen LogP contribution in [0.2, 0.25) is 0 Å². The molecular weight excluding hydrogens is 229 g/mol. The van der Waals surface area contributed by atoms with Crippen molar-refractivity contribution in [1.29, 1.82) is 0 Å². The highest BCUT2D eigenvalue weighted by molar-refractivity contribution is 5.99. The van der Waals surface area contributed by atoms with Crippen LogP contribution in [-0.2, 0) is 11.2 Å². The minimum Gasteiger partial charge on any atom is -0.294 e. The average molecular weight is 247 g/mol. The summed E-state index contributed by atoms with van der Waals surface area (Å²) in [7, 11) is 0. The first-order valence-corrected chi connectivity index (χ1v) is 5.76. The Morgan fingerprint density at radius 2 is 2.11 bits per heavy atom. The molecule has 0 radical (unpaired) electrons. The summed E-state index contributed by atoms with van der Waals surface area (Å²) in [5.74, 6) is -0.710. The van der Waals surface area contributed by atoms with Crippen molar-refractivity contribution in [2.24, 2.45) is 0 Å². The van der Waals surface area contributed by atoms with Crippen molar-refractivity contribution in [2.45, 2.75) is 20.3 Å². The number of halogens is 1. The smallest absolute Gasteiger partial charge is 0.213 e. The van der Waals surface area contributed by atoms with E-state index in [9.17, 15) is 9.18 Å². The molecule has 3 heteroatoms. The van der Waals surface area contributed by atoms with Crippen LogP contribution in [-0.4, -0.2) is 10.8 Å². The molecule has 0 bridgehead atoms. The topological polar surface area (TPSA) is 30.0 Å². The molecule has 0 atom stereocenters. The first kappa shape index (κ1) is 16.0. The number of aromatic nitrogens is 1. The van der Waals surface area contributed by atoms with E-state index in [0.717, 1.165) is 0 Å². The fourth-order valence-electron chi connectivity index (χ4n) is 1.24. The van der Waals surface area contributed by atoms with E-state index in [0.29, 0.717) is 11.1 Å². The van der Waals surface area contributed by atoms with Gasteiger partial charge in [0.25, 0.3) is 0 Å². The van der Waals surface area contributed by atoms with Crippen molar-refractivity contribution in [1.82, 2.24) is 4.98 Å². The first-order valence-electron chi connectivity index (χ1n) is 5.76. The molecule has 0 aromatic carbocycles. The fraction of sp³-hybridized carbons (Fsp3) is 0.200. The van der Waals surface area contributed by atoms with Crippen molar-refractivity contribution < 1.29 is 9.18 Å². The van der Waals surface area contributed by atoms with Crippen molar-refractivity contribution in [3.05, 3.63) is 66.8 Å². The summed E-state index contributed by atoms with van der Waals surface area (Å²) in [6.45, 7) is 11.0. The number of allylic oxidation sites excluding steroid dienone is 4. The molecule has 0 amide bonds. The Hall–Kier alpha value is -2.03. The maximum absolute atomic E-state index is 12.8. The van der Waals surface area contributed by atoms with Gasteiger partial charge in [-0.1, -0.05) is 45.2 Å². The minimum absolute atomic E-state index is 0.125. The Balaban J connectivity index is 0.00000137. The van der Waals surface area contributed by atoms with Gasteiger partial charge in [-0.25, -0.2) is 4.98 Å². The Labute approximate surface area is 108 Å². The molecule has 2 nitrogen and oxygen atoms in total. The highest BCUT2D eigenvalue weighted by Gasteiger charge is 2.07. The highest BCUT2D eigenvalue weighted by Crippen LogP contribution is 2.07. The van der Waals surface area contributed by atoms with Crippen LogP contribution in [0.15, 0.2) is 55.3 Å². The van der Waals surface area contributed by atoms with E-state index in [4.69, 9.17) is 0 Å². The fourth-order valence-corrected chi connectivity index (χ4v) is 1.24. The normalized spacial score (nSPS) is 10.1. The lowest BCUT2D eigenvalue weighted by Crippen LogP contribution is -2.05. The molecule has 0 N–H and O–H groups in total. The Kier molecular flexibility index (Phi) is 8.03.